The van der Waals surface area contributed by atoms with Gasteiger partial charge in [0.1, 0.15) is 5.75 Å². The summed E-state index contributed by atoms with van der Waals surface area (Å²) in [5.74, 6) is 1.17. The van der Waals surface area contributed by atoms with Gasteiger partial charge in [-0.05, 0) is 48.4 Å². The summed E-state index contributed by atoms with van der Waals surface area (Å²) < 4.78 is 16.4. The minimum atomic E-state index is -0.329. The lowest BCUT2D eigenvalue weighted by molar-refractivity contribution is -0.121. The van der Waals surface area contributed by atoms with Crippen LogP contribution < -0.4 is 24.4 Å². The van der Waals surface area contributed by atoms with Crippen molar-refractivity contribution >= 4 is 23.2 Å². The van der Waals surface area contributed by atoms with E-state index in [4.69, 9.17) is 14.2 Å². The molecule has 7 nitrogen and oxygen atoms in total. The van der Waals surface area contributed by atoms with Gasteiger partial charge in [-0.1, -0.05) is 36.4 Å². The van der Waals surface area contributed by atoms with Gasteiger partial charge < -0.3 is 24.4 Å². The maximum atomic E-state index is 12.6. The molecule has 0 aromatic heterocycles. The number of carbonyl (C=O) groups is 2. The SMILES string of the molecule is COc1ccccc1OCC(=O)Nc1ccc2c(c1)N(Cc1ccccc1C)C(=O)CO2. The van der Waals surface area contributed by atoms with E-state index in [1.807, 2.05) is 37.3 Å². The number of ether oxygens (including phenoxy) is 3. The quantitative estimate of drug-likeness (QED) is 0.612. The van der Waals surface area contributed by atoms with Crippen LogP contribution in [-0.4, -0.2) is 32.1 Å². The van der Waals surface area contributed by atoms with Crippen LogP contribution in [0.4, 0.5) is 11.4 Å². The summed E-state index contributed by atoms with van der Waals surface area (Å²) in [5.41, 5.74) is 3.32. The number of nitrogens with one attached hydrogen (secondary N) is 1. The molecule has 0 saturated carbocycles. The third-order valence-corrected chi connectivity index (χ3v) is 5.20. The number of carbonyl (C=O) groups excluding carboxylic acids is 2. The smallest absolute Gasteiger partial charge is 0.265 e. The highest BCUT2D eigenvalue weighted by Crippen LogP contribution is 2.36. The number of para-hydroxylation sites is 2. The van der Waals surface area contributed by atoms with E-state index in [1.165, 1.54) is 0 Å². The second-order valence-corrected chi connectivity index (χ2v) is 7.37. The van der Waals surface area contributed by atoms with E-state index in [0.29, 0.717) is 35.2 Å². The normalized spacial score (nSPS) is 12.6. The molecule has 0 bridgehead atoms. The van der Waals surface area contributed by atoms with Crippen LogP contribution in [0.2, 0.25) is 0 Å². The van der Waals surface area contributed by atoms with E-state index < -0.39 is 0 Å². The number of methoxy groups -OCH3 is 1. The van der Waals surface area contributed by atoms with Crippen molar-refractivity contribution in [1.29, 1.82) is 0 Å². The molecule has 1 N–H and O–H groups in total. The van der Waals surface area contributed by atoms with E-state index in [9.17, 15) is 9.59 Å². The summed E-state index contributed by atoms with van der Waals surface area (Å²) in [4.78, 5) is 26.7. The average Bonchev–Trinajstić information content (AvgIpc) is 2.81. The Balaban J connectivity index is 1.48. The molecule has 32 heavy (non-hydrogen) atoms. The lowest BCUT2D eigenvalue weighted by Gasteiger charge is -2.30. The van der Waals surface area contributed by atoms with Crippen molar-refractivity contribution in [3.05, 3.63) is 77.9 Å². The molecular formula is C25H24N2O5. The molecule has 164 valence electrons. The van der Waals surface area contributed by atoms with Crippen LogP contribution in [0.15, 0.2) is 66.7 Å². The molecule has 0 saturated heterocycles. The molecule has 0 radical (unpaired) electrons. The summed E-state index contributed by atoms with van der Waals surface area (Å²) in [6.45, 7) is 2.24. The molecule has 3 aromatic carbocycles. The summed E-state index contributed by atoms with van der Waals surface area (Å²) in [6.07, 6.45) is 0. The number of nitrogens with zero attached hydrogens (tertiary/aromatic N) is 1. The number of fused-ring (bicyclic) bond motifs is 1. The van der Waals surface area contributed by atoms with Gasteiger partial charge in [0.05, 0.1) is 19.3 Å². The van der Waals surface area contributed by atoms with Gasteiger partial charge in [0, 0.05) is 5.69 Å². The Kier molecular flexibility index (Phi) is 6.26. The lowest BCUT2D eigenvalue weighted by atomic mass is 10.1. The highest BCUT2D eigenvalue weighted by molar-refractivity contribution is 5.99. The van der Waals surface area contributed by atoms with Gasteiger partial charge >= 0.3 is 0 Å². The molecule has 0 unspecified atom stereocenters. The second kappa shape index (κ2) is 9.43. The van der Waals surface area contributed by atoms with E-state index in [2.05, 4.69) is 5.32 Å². The number of anilines is 2. The molecule has 3 aromatic rings. The van der Waals surface area contributed by atoms with Crippen molar-refractivity contribution in [2.75, 3.05) is 30.5 Å². The van der Waals surface area contributed by atoms with Crippen molar-refractivity contribution in [2.45, 2.75) is 13.5 Å². The first kappa shape index (κ1) is 21.2. The van der Waals surface area contributed by atoms with Crippen LogP contribution in [-0.2, 0) is 16.1 Å². The molecule has 1 aliphatic heterocycles. The summed E-state index contributed by atoms with van der Waals surface area (Å²) in [7, 11) is 1.54. The average molecular weight is 432 g/mol. The Morgan fingerprint density at radius 1 is 1.06 bits per heavy atom. The number of rotatable bonds is 7. The van der Waals surface area contributed by atoms with Crippen LogP contribution in [0, 0.1) is 6.92 Å². The van der Waals surface area contributed by atoms with E-state index >= 15 is 0 Å². The number of benzene rings is 3. The lowest BCUT2D eigenvalue weighted by Crippen LogP contribution is -2.38. The molecule has 0 aliphatic carbocycles. The Hall–Kier alpha value is -4.00. The minimum Gasteiger partial charge on any atom is -0.493 e. The van der Waals surface area contributed by atoms with Crippen LogP contribution in [0.1, 0.15) is 11.1 Å². The fourth-order valence-electron chi connectivity index (χ4n) is 3.49. The third kappa shape index (κ3) is 4.67. The Labute approximate surface area is 186 Å². The van der Waals surface area contributed by atoms with Crippen LogP contribution >= 0.6 is 0 Å². The molecule has 1 aliphatic rings. The van der Waals surface area contributed by atoms with E-state index in [1.54, 1.807) is 48.4 Å². The van der Waals surface area contributed by atoms with Gasteiger partial charge in [-0.25, -0.2) is 0 Å². The molecular weight excluding hydrogens is 408 g/mol. The molecule has 4 rings (SSSR count). The maximum absolute atomic E-state index is 12.6. The topological polar surface area (TPSA) is 77.1 Å². The monoisotopic (exact) mass is 432 g/mol. The fourth-order valence-corrected chi connectivity index (χ4v) is 3.49. The van der Waals surface area contributed by atoms with Gasteiger partial charge in [-0.2, -0.15) is 0 Å². The second-order valence-electron chi connectivity index (χ2n) is 7.37. The summed E-state index contributed by atoms with van der Waals surface area (Å²) in [5, 5.41) is 2.81. The van der Waals surface area contributed by atoms with Crippen LogP contribution in [0.3, 0.4) is 0 Å². The van der Waals surface area contributed by atoms with Crippen LogP contribution in [0.5, 0.6) is 17.2 Å². The molecule has 1 heterocycles. The number of aryl methyl sites for hydroxylation is 1. The standard InChI is InChI=1S/C25H24N2O5/c1-17-7-3-4-8-18(17)14-27-20-13-19(11-12-21(20)32-16-25(27)29)26-24(28)15-31-23-10-6-5-9-22(23)30-2/h3-13H,14-16H2,1-2H3,(H,26,28). The number of hydrogen-bond donors (Lipinski definition) is 1. The first-order valence-electron chi connectivity index (χ1n) is 10.2. The number of amides is 2. The molecule has 0 atom stereocenters. The van der Waals surface area contributed by atoms with Crippen molar-refractivity contribution in [2.24, 2.45) is 0 Å². The Bertz CT molecular complexity index is 1140. The van der Waals surface area contributed by atoms with Gasteiger partial charge in [-0.15, -0.1) is 0 Å². The maximum Gasteiger partial charge on any atom is 0.265 e. The first-order chi connectivity index (χ1) is 15.5. The zero-order chi connectivity index (χ0) is 22.5. The highest BCUT2D eigenvalue weighted by atomic mass is 16.5. The summed E-state index contributed by atoms with van der Waals surface area (Å²) >= 11 is 0. The predicted molar refractivity (Wildman–Crippen MR) is 121 cm³/mol. The zero-order valence-corrected chi connectivity index (χ0v) is 18.0. The molecule has 7 heteroatoms. The Morgan fingerprint density at radius 3 is 2.59 bits per heavy atom. The van der Waals surface area contributed by atoms with E-state index in [0.717, 1.165) is 11.1 Å². The van der Waals surface area contributed by atoms with Crippen LogP contribution in [0.25, 0.3) is 0 Å². The minimum absolute atomic E-state index is 0.0165. The van der Waals surface area contributed by atoms with Gasteiger partial charge in [0.15, 0.2) is 24.7 Å². The first-order valence-corrected chi connectivity index (χ1v) is 10.2. The van der Waals surface area contributed by atoms with E-state index in [-0.39, 0.29) is 25.0 Å². The third-order valence-electron chi connectivity index (χ3n) is 5.20. The van der Waals surface area contributed by atoms with Gasteiger partial charge in [0.25, 0.3) is 11.8 Å². The molecule has 0 fully saturated rings. The predicted octanol–water partition coefficient (Wildman–Crippen LogP) is 3.95. The molecule has 0 spiro atoms. The molecule has 2 amide bonds. The van der Waals surface area contributed by atoms with Crippen molar-refractivity contribution in [3.8, 4) is 17.2 Å². The summed E-state index contributed by atoms with van der Waals surface area (Å²) in [6, 6.07) is 20.3. The van der Waals surface area contributed by atoms with Gasteiger partial charge in [-0.3, -0.25) is 9.59 Å². The fraction of sp³-hybridized carbons (Fsp3) is 0.200. The van der Waals surface area contributed by atoms with Crippen molar-refractivity contribution in [3.63, 3.8) is 0 Å². The Morgan fingerprint density at radius 2 is 1.81 bits per heavy atom. The van der Waals surface area contributed by atoms with Gasteiger partial charge in [0.2, 0.25) is 0 Å². The zero-order valence-electron chi connectivity index (χ0n) is 18.0. The van der Waals surface area contributed by atoms with Crippen molar-refractivity contribution < 1.29 is 23.8 Å². The highest BCUT2D eigenvalue weighted by Gasteiger charge is 2.26. The largest absolute Gasteiger partial charge is 0.493 e. The number of hydrogen-bond acceptors (Lipinski definition) is 5. The van der Waals surface area contributed by atoms with Crippen molar-refractivity contribution in [1.82, 2.24) is 0 Å².